The lowest BCUT2D eigenvalue weighted by Crippen LogP contribution is -2.66. The van der Waals surface area contributed by atoms with E-state index in [-0.39, 0.29) is 30.3 Å². The SMILES string of the molecule is CC(C)CC(NC(=O)C(Cc1ccccc1)NC(=O)C(N)Cc1ccccc1)C(=O)NC(CCCCN)C(=O)N1CC2CCC1CN2Cc1ccccc1. The standard InChI is InChI=1S/C43H59N7O4/c1-30(2)24-38(48-42(53)39(26-32-16-8-4-9-17-32)47-40(51)36(45)25-31-14-6-3-7-15-31)41(52)46-37(20-12-13-23-44)43(54)50-29-34-21-22-35(50)28-49(34)27-33-18-10-5-11-19-33/h3-11,14-19,30,34-39H,12-13,20-29,44-45H2,1-2H3,(H,46,52)(H,47,51)(H,48,53). The molecule has 3 aliphatic heterocycles. The van der Waals surface area contributed by atoms with Gasteiger partial charge in [-0.2, -0.15) is 0 Å². The third-order valence-electron chi connectivity index (χ3n) is 10.6. The zero-order valence-corrected chi connectivity index (χ0v) is 31.9. The summed E-state index contributed by atoms with van der Waals surface area (Å²) in [5.74, 6) is -1.38. The van der Waals surface area contributed by atoms with Gasteiger partial charge in [0, 0.05) is 38.1 Å². The molecule has 4 amide bonds. The molecule has 3 aliphatic rings. The van der Waals surface area contributed by atoms with E-state index in [2.05, 4.69) is 45.1 Å². The number of rotatable bonds is 19. The van der Waals surface area contributed by atoms with E-state index >= 15 is 0 Å². The van der Waals surface area contributed by atoms with Crippen LogP contribution in [-0.2, 0) is 38.6 Å². The Hall–Kier alpha value is -4.58. The van der Waals surface area contributed by atoms with Gasteiger partial charge in [-0.1, -0.05) is 105 Å². The van der Waals surface area contributed by atoms with Crippen LogP contribution in [0.2, 0.25) is 0 Å². The van der Waals surface area contributed by atoms with Crippen molar-refractivity contribution in [3.63, 3.8) is 0 Å². The van der Waals surface area contributed by atoms with Crippen LogP contribution < -0.4 is 27.4 Å². The van der Waals surface area contributed by atoms with Gasteiger partial charge in [0.1, 0.15) is 18.1 Å². The summed E-state index contributed by atoms with van der Waals surface area (Å²) in [5, 5.41) is 8.88. The van der Waals surface area contributed by atoms with Crippen LogP contribution in [0.3, 0.4) is 0 Å². The van der Waals surface area contributed by atoms with E-state index in [0.717, 1.165) is 43.5 Å². The van der Waals surface area contributed by atoms with E-state index < -0.39 is 41.9 Å². The van der Waals surface area contributed by atoms with Crippen molar-refractivity contribution in [1.29, 1.82) is 0 Å². The van der Waals surface area contributed by atoms with Gasteiger partial charge in [0.15, 0.2) is 0 Å². The smallest absolute Gasteiger partial charge is 0.245 e. The molecular weight excluding hydrogens is 679 g/mol. The number of fused-ring (bicyclic) bond motifs is 3. The summed E-state index contributed by atoms with van der Waals surface area (Å²) in [5.41, 5.74) is 15.2. The highest BCUT2D eigenvalue weighted by Crippen LogP contribution is 2.31. The van der Waals surface area contributed by atoms with Crippen LogP contribution in [0, 0.1) is 5.92 Å². The monoisotopic (exact) mass is 737 g/mol. The molecule has 0 aliphatic carbocycles. The minimum Gasteiger partial charge on any atom is -0.343 e. The number of nitrogens with two attached hydrogens (primary N) is 2. The number of carbonyl (C=O) groups excluding carboxylic acids is 4. The van der Waals surface area contributed by atoms with Gasteiger partial charge in [0.25, 0.3) is 0 Å². The lowest BCUT2D eigenvalue weighted by Gasteiger charge is -2.52. The van der Waals surface area contributed by atoms with Gasteiger partial charge in [0.05, 0.1) is 6.04 Å². The summed E-state index contributed by atoms with van der Waals surface area (Å²) < 4.78 is 0. The molecule has 3 aromatic rings. The molecule has 3 aromatic carbocycles. The van der Waals surface area contributed by atoms with Crippen molar-refractivity contribution in [3.8, 4) is 0 Å². The maximum absolute atomic E-state index is 14.3. The normalized spacial score (nSPS) is 19.1. The number of hydrogen-bond donors (Lipinski definition) is 5. The third-order valence-corrected chi connectivity index (χ3v) is 10.6. The van der Waals surface area contributed by atoms with Gasteiger partial charge in [-0.25, -0.2) is 0 Å². The summed E-state index contributed by atoms with van der Waals surface area (Å²) >= 11 is 0. The van der Waals surface area contributed by atoms with Crippen molar-refractivity contribution in [1.82, 2.24) is 25.8 Å². The molecule has 0 saturated carbocycles. The van der Waals surface area contributed by atoms with Crippen molar-refractivity contribution in [2.45, 2.75) is 108 Å². The van der Waals surface area contributed by atoms with Crippen LogP contribution in [-0.4, -0.2) is 89.3 Å². The maximum atomic E-state index is 14.3. The van der Waals surface area contributed by atoms with Crippen molar-refractivity contribution in [2.75, 3.05) is 19.6 Å². The van der Waals surface area contributed by atoms with E-state index in [1.807, 2.05) is 85.5 Å². The van der Waals surface area contributed by atoms with Crippen LogP contribution in [0.25, 0.3) is 0 Å². The minimum atomic E-state index is -0.978. The second-order valence-electron chi connectivity index (χ2n) is 15.4. The molecule has 0 radical (unpaired) electrons. The number of amides is 4. The molecule has 11 nitrogen and oxygen atoms in total. The summed E-state index contributed by atoms with van der Waals surface area (Å²) in [6.07, 6.45) is 4.72. The van der Waals surface area contributed by atoms with Gasteiger partial charge in [0.2, 0.25) is 23.6 Å². The predicted octanol–water partition coefficient (Wildman–Crippen LogP) is 3.30. The Balaban J connectivity index is 1.28. The molecule has 3 fully saturated rings. The highest BCUT2D eigenvalue weighted by Gasteiger charge is 2.43. The van der Waals surface area contributed by atoms with E-state index in [0.29, 0.717) is 38.8 Å². The van der Waals surface area contributed by atoms with E-state index in [1.165, 1.54) is 5.56 Å². The molecule has 3 heterocycles. The molecule has 54 heavy (non-hydrogen) atoms. The number of hydrogen-bond acceptors (Lipinski definition) is 7. The number of piperazine rings is 1. The first-order valence-corrected chi connectivity index (χ1v) is 19.6. The zero-order chi connectivity index (χ0) is 38.5. The average Bonchev–Trinajstić information content (AvgIpc) is 3.18. The van der Waals surface area contributed by atoms with Gasteiger partial charge in [-0.3, -0.25) is 24.1 Å². The van der Waals surface area contributed by atoms with Crippen LogP contribution in [0.1, 0.15) is 69.1 Å². The molecule has 11 heteroatoms. The van der Waals surface area contributed by atoms with E-state index in [9.17, 15) is 19.2 Å². The summed E-state index contributed by atoms with van der Waals surface area (Å²) in [6.45, 7) is 6.72. The Labute approximate surface area is 320 Å². The Morgan fingerprint density at radius 2 is 1.20 bits per heavy atom. The number of piperidine rings is 2. The molecule has 6 rings (SSSR count). The number of unbranched alkanes of at least 4 members (excludes halogenated alkanes) is 1. The lowest BCUT2D eigenvalue weighted by atomic mass is 9.89. The van der Waals surface area contributed by atoms with Gasteiger partial charge in [-0.15, -0.1) is 0 Å². The zero-order valence-electron chi connectivity index (χ0n) is 31.9. The highest BCUT2D eigenvalue weighted by atomic mass is 16.2. The van der Waals surface area contributed by atoms with Crippen LogP contribution in [0.5, 0.6) is 0 Å². The van der Waals surface area contributed by atoms with Gasteiger partial charge in [-0.05, 0) is 74.1 Å². The highest BCUT2D eigenvalue weighted by molar-refractivity contribution is 5.95. The molecule has 6 atom stereocenters. The third kappa shape index (κ3) is 11.7. The molecule has 7 N–H and O–H groups in total. The Bertz CT molecular complexity index is 1640. The Morgan fingerprint density at radius 3 is 1.78 bits per heavy atom. The largest absolute Gasteiger partial charge is 0.343 e. The first-order chi connectivity index (χ1) is 26.1. The van der Waals surface area contributed by atoms with Gasteiger partial charge >= 0.3 is 0 Å². The second-order valence-corrected chi connectivity index (χ2v) is 15.4. The number of carbonyl (C=O) groups is 4. The fourth-order valence-corrected chi connectivity index (χ4v) is 7.69. The van der Waals surface area contributed by atoms with Crippen molar-refractivity contribution >= 4 is 23.6 Å². The molecule has 2 bridgehead atoms. The Morgan fingerprint density at radius 1 is 0.667 bits per heavy atom. The quantitative estimate of drug-likeness (QED) is 0.118. The number of nitrogens with zero attached hydrogens (tertiary/aromatic N) is 2. The summed E-state index contributed by atoms with van der Waals surface area (Å²) in [7, 11) is 0. The molecule has 0 aromatic heterocycles. The molecule has 290 valence electrons. The molecule has 0 spiro atoms. The van der Waals surface area contributed by atoms with Crippen molar-refractivity contribution < 1.29 is 19.2 Å². The minimum absolute atomic E-state index is 0.0577. The van der Waals surface area contributed by atoms with Gasteiger partial charge < -0.3 is 32.3 Å². The first kappa shape index (κ1) is 40.6. The van der Waals surface area contributed by atoms with E-state index in [4.69, 9.17) is 11.5 Å². The number of benzene rings is 3. The fraction of sp³-hybridized carbons (Fsp3) is 0.488. The lowest BCUT2D eigenvalue weighted by molar-refractivity contribution is -0.146. The van der Waals surface area contributed by atoms with Crippen molar-refractivity contribution in [3.05, 3.63) is 108 Å². The summed E-state index contributed by atoms with van der Waals surface area (Å²) in [6, 6.07) is 26.1. The average molecular weight is 738 g/mol. The molecule has 3 saturated heterocycles. The Kier molecular flexibility index (Phi) is 15.2. The maximum Gasteiger partial charge on any atom is 0.245 e. The van der Waals surface area contributed by atoms with Crippen LogP contribution in [0.15, 0.2) is 91.0 Å². The summed E-state index contributed by atoms with van der Waals surface area (Å²) in [4.78, 5) is 60.3. The molecular formula is C43H59N7O4. The topological polar surface area (TPSA) is 163 Å². The fourth-order valence-electron chi connectivity index (χ4n) is 7.69. The number of nitrogens with one attached hydrogen (secondary N) is 3. The second kappa shape index (κ2) is 20.2. The van der Waals surface area contributed by atoms with Crippen molar-refractivity contribution in [2.24, 2.45) is 17.4 Å². The first-order valence-electron chi connectivity index (χ1n) is 19.6. The van der Waals surface area contributed by atoms with Crippen LogP contribution in [0.4, 0.5) is 0 Å². The van der Waals surface area contributed by atoms with Crippen LogP contribution >= 0.6 is 0 Å². The molecule has 6 unspecified atom stereocenters. The predicted molar refractivity (Wildman–Crippen MR) is 212 cm³/mol. The van der Waals surface area contributed by atoms with E-state index in [1.54, 1.807) is 0 Å².